The van der Waals surface area contributed by atoms with E-state index in [0.717, 1.165) is 30.4 Å². The van der Waals surface area contributed by atoms with E-state index >= 15 is 0 Å². The van der Waals surface area contributed by atoms with Crippen molar-refractivity contribution in [2.45, 2.75) is 65.6 Å². The SMILES string of the molecule is CSc1nnc(CCCNC(=O)CCNC(=O)C(C)(C)C)n1CC(C)C. The number of thioether (sulfide) groups is 1. The van der Waals surface area contributed by atoms with Crippen LogP contribution < -0.4 is 10.6 Å². The summed E-state index contributed by atoms with van der Waals surface area (Å²) in [7, 11) is 0. The van der Waals surface area contributed by atoms with Crippen molar-refractivity contribution >= 4 is 23.6 Å². The van der Waals surface area contributed by atoms with Gasteiger partial charge in [-0.25, -0.2) is 0 Å². The van der Waals surface area contributed by atoms with Crippen molar-refractivity contribution < 1.29 is 9.59 Å². The third-order valence-corrected chi connectivity index (χ3v) is 4.41. The molecule has 0 saturated carbocycles. The predicted octanol–water partition coefficient (Wildman–Crippen LogP) is 2.26. The third kappa shape index (κ3) is 7.76. The van der Waals surface area contributed by atoms with Gasteiger partial charge in [0.05, 0.1) is 0 Å². The van der Waals surface area contributed by atoms with Crippen molar-refractivity contribution in [2.75, 3.05) is 19.3 Å². The fourth-order valence-corrected chi connectivity index (χ4v) is 2.84. The lowest BCUT2D eigenvalue weighted by Gasteiger charge is -2.17. The fraction of sp³-hybridized carbons (Fsp3) is 0.778. The zero-order chi connectivity index (χ0) is 19.7. The number of hydrogen-bond donors (Lipinski definition) is 2. The molecule has 148 valence electrons. The van der Waals surface area contributed by atoms with E-state index in [1.165, 1.54) is 0 Å². The maximum atomic E-state index is 11.8. The van der Waals surface area contributed by atoms with Crippen LogP contribution in [0.4, 0.5) is 0 Å². The Hall–Kier alpha value is -1.57. The van der Waals surface area contributed by atoms with Crippen LogP contribution in [-0.2, 0) is 22.6 Å². The molecule has 0 radical (unpaired) electrons. The molecule has 0 unspecified atom stereocenters. The van der Waals surface area contributed by atoms with Crippen LogP contribution in [0.2, 0.25) is 0 Å². The average molecular weight is 384 g/mol. The molecule has 0 bridgehead atoms. The van der Waals surface area contributed by atoms with Gasteiger partial charge in [-0.05, 0) is 18.6 Å². The van der Waals surface area contributed by atoms with Crippen molar-refractivity contribution in [2.24, 2.45) is 11.3 Å². The number of rotatable bonds is 10. The summed E-state index contributed by atoms with van der Waals surface area (Å²) < 4.78 is 2.17. The minimum atomic E-state index is -0.432. The number of aromatic nitrogens is 3. The second kappa shape index (κ2) is 10.5. The van der Waals surface area contributed by atoms with E-state index in [2.05, 4.69) is 39.2 Å². The van der Waals surface area contributed by atoms with Crippen molar-refractivity contribution in [1.82, 2.24) is 25.4 Å². The highest BCUT2D eigenvalue weighted by Gasteiger charge is 2.20. The molecule has 8 heteroatoms. The molecule has 0 saturated heterocycles. The molecule has 26 heavy (non-hydrogen) atoms. The number of nitrogens with zero attached hydrogens (tertiary/aromatic N) is 3. The Morgan fingerprint density at radius 2 is 1.85 bits per heavy atom. The number of amides is 2. The Kier molecular flexibility index (Phi) is 9.12. The number of carbonyl (C=O) groups excluding carboxylic acids is 2. The van der Waals surface area contributed by atoms with Gasteiger partial charge in [-0.15, -0.1) is 10.2 Å². The molecular formula is C18H33N5O2S. The molecular weight excluding hydrogens is 350 g/mol. The Morgan fingerprint density at radius 3 is 2.42 bits per heavy atom. The van der Waals surface area contributed by atoms with Crippen molar-refractivity contribution in [1.29, 1.82) is 0 Å². The molecule has 1 aromatic heterocycles. The summed E-state index contributed by atoms with van der Waals surface area (Å²) in [5, 5.41) is 15.1. The molecule has 2 N–H and O–H groups in total. The lowest BCUT2D eigenvalue weighted by molar-refractivity contribution is -0.128. The van der Waals surface area contributed by atoms with Gasteiger partial charge in [0.15, 0.2) is 5.16 Å². The minimum Gasteiger partial charge on any atom is -0.356 e. The molecule has 2 amide bonds. The van der Waals surface area contributed by atoms with Crippen molar-refractivity contribution in [3.05, 3.63) is 5.82 Å². The first kappa shape index (κ1) is 22.5. The zero-order valence-electron chi connectivity index (χ0n) is 16.9. The van der Waals surface area contributed by atoms with Gasteiger partial charge in [0, 0.05) is 37.9 Å². The third-order valence-electron chi connectivity index (χ3n) is 3.74. The van der Waals surface area contributed by atoms with Crippen molar-refractivity contribution in [3.8, 4) is 0 Å². The van der Waals surface area contributed by atoms with Crippen LogP contribution in [0, 0.1) is 11.3 Å². The monoisotopic (exact) mass is 383 g/mol. The summed E-state index contributed by atoms with van der Waals surface area (Å²) in [5.74, 6) is 1.40. The molecule has 0 spiro atoms. The minimum absolute atomic E-state index is 0.0422. The fourth-order valence-electron chi connectivity index (χ4n) is 2.32. The summed E-state index contributed by atoms with van der Waals surface area (Å²) in [5.41, 5.74) is -0.432. The Morgan fingerprint density at radius 1 is 1.15 bits per heavy atom. The first-order valence-corrected chi connectivity index (χ1v) is 10.4. The lowest BCUT2D eigenvalue weighted by atomic mass is 9.96. The van der Waals surface area contributed by atoms with Gasteiger partial charge in [-0.2, -0.15) is 0 Å². The van der Waals surface area contributed by atoms with Crippen LogP contribution in [0.3, 0.4) is 0 Å². The van der Waals surface area contributed by atoms with Gasteiger partial charge >= 0.3 is 0 Å². The summed E-state index contributed by atoms with van der Waals surface area (Å²) in [6.45, 7) is 11.8. The van der Waals surface area contributed by atoms with E-state index in [4.69, 9.17) is 0 Å². The quantitative estimate of drug-likeness (QED) is 0.478. The topological polar surface area (TPSA) is 88.9 Å². The molecule has 1 rings (SSSR count). The first-order valence-electron chi connectivity index (χ1n) is 9.16. The predicted molar refractivity (Wildman–Crippen MR) is 105 cm³/mol. The van der Waals surface area contributed by atoms with Gasteiger partial charge in [0.25, 0.3) is 0 Å². The molecule has 7 nitrogen and oxygen atoms in total. The molecule has 1 heterocycles. The normalized spacial score (nSPS) is 11.7. The van der Waals surface area contributed by atoms with E-state index in [-0.39, 0.29) is 11.8 Å². The van der Waals surface area contributed by atoms with E-state index < -0.39 is 5.41 Å². The number of nitrogens with one attached hydrogen (secondary N) is 2. The van der Waals surface area contributed by atoms with Gasteiger partial charge in [0.2, 0.25) is 11.8 Å². The lowest BCUT2D eigenvalue weighted by Crippen LogP contribution is -2.37. The molecule has 0 aliphatic heterocycles. The largest absolute Gasteiger partial charge is 0.356 e. The maximum absolute atomic E-state index is 11.8. The molecule has 0 atom stereocenters. The standard InChI is InChI=1S/C18H33N5O2S/c1-13(2)12-23-14(21-22-17(23)26-6)8-7-10-19-15(24)9-11-20-16(25)18(3,4)5/h13H,7-12H2,1-6H3,(H,19,24)(H,20,25). The molecule has 0 aliphatic carbocycles. The second-order valence-corrected chi connectivity index (χ2v) is 8.59. The van der Waals surface area contributed by atoms with Crippen molar-refractivity contribution in [3.63, 3.8) is 0 Å². The van der Waals surface area contributed by atoms with Gasteiger partial charge in [-0.3, -0.25) is 9.59 Å². The highest BCUT2D eigenvalue weighted by molar-refractivity contribution is 7.98. The van der Waals surface area contributed by atoms with E-state index in [1.807, 2.05) is 27.0 Å². The summed E-state index contributed by atoms with van der Waals surface area (Å²) in [6.07, 6.45) is 3.89. The van der Waals surface area contributed by atoms with Gasteiger partial charge in [-0.1, -0.05) is 46.4 Å². The Balaban J connectivity index is 2.31. The summed E-state index contributed by atoms with van der Waals surface area (Å²) in [6, 6.07) is 0. The van der Waals surface area contributed by atoms with E-state index in [1.54, 1.807) is 11.8 Å². The molecule has 0 fully saturated rings. The highest BCUT2D eigenvalue weighted by atomic mass is 32.2. The maximum Gasteiger partial charge on any atom is 0.225 e. The molecule has 0 aromatic carbocycles. The van der Waals surface area contributed by atoms with Gasteiger partial charge in [0.1, 0.15) is 5.82 Å². The van der Waals surface area contributed by atoms with Crippen LogP contribution in [0.5, 0.6) is 0 Å². The van der Waals surface area contributed by atoms with E-state index in [0.29, 0.717) is 25.4 Å². The van der Waals surface area contributed by atoms with Crippen LogP contribution in [0.15, 0.2) is 5.16 Å². The Labute approximate surface area is 161 Å². The molecule has 0 aliphatic rings. The number of aryl methyl sites for hydroxylation is 1. The highest BCUT2D eigenvalue weighted by Crippen LogP contribution is 2.16. The van der Waals surface area contributed by atoms with Crippen LogP contribution in [0.1, 0.15) is 53.3 Å². The summed E-state index contributed by atoms with van der Waals surface area (Å²) in [4.78, 5) is 23.6. The molecule has 1 aromatic rings. The zero-order valence-corrected chi connectivity index (χ0v) is 17.7. The second-order valence-electron chi connectivity index (χ2n) is 7.82. The van der Waals surface area contributed by atoms with Crippen LogP contribution >= 0.6 is 11.8 Å². The summed E-state index contributed by atoms with van der Waals surface area (Å²) >= 11 is 1.60. The first-order chi connectivity index (χ1) is 12.1. The Bertz CT molecular complexity index is 593. The number of hydrogen-bond acceptors (Lipinski definition) is 5. The van der Waals surface area contributed by atoms with Gasteiger partial charge < -0.3 is 15.2 Å². The average Bonchev–Trinajstić information content (AvgIpc) is 2.91. The van der Waals surface area contributed by atoms with Crippen LogP contribution in [0.25, 0.3) is 0 Å². The van der Waals surface area contributed by atoms with E-state index in [9.17, 15) is 9.59 Å². The van der Waals surface area contributed by atoms with Crippen LogP contribution in [-0.4, -0.2) is 45.9 Å². The smallest absolute Gasteiger partial charge is 0.225 e. The number of carbonyl (C=O) groups is 2.